The fourth-order valence-electron chi connectivity index (χ4n) is 1.83. The Kier molecular flexibility index (Phi) is 6.76. The first-order valence-electron chi connectivity index (χ1n) is 6.64. The molecule has 0 spiro atoms. The summed E-state index contributed by atoms with van der Waals surface area (Å²) >= 11 is 0. The number of hydrogen-bond acceptors (Lipinski definition) is 3. The molecule has 1 rings (SSSR count). The highest BCUT2D eigenvalue weighted by Gasteiger charge is 2.11. The van der Waals surface area contributed by atoms with E-state index in [2.05, 4.69) is 44.3 Å². The second-order valence-corrected chi connectivity index (χ2v) is 4.56. The van der Waals surface area contributed by atoms with E-state index >= 15 is 0 Å². The van der Waals surface area contributed by atoms with Gasteiger partial charge in [0.2, 0.25) is 0 Å². The summed E-state index contributed by atoms with van der Waals surface area (Å²) in [5.41, 5.74) is 2.43. The zero-order valence-electron chi connectivity index (χ0n) is 12.0. The molecule has 0 aliphatic carbocycles. The maximum Gasteiger partial charge on any atom is 0.124 e. The second kappa shape index (κ2) is 8.11. The first-order chi connectivity index (χ1) is 8.69. The van der Waals surface area contributed by atoms with Gasteiger partial charge >= 0.3 is 0 Å². The lowest BCUT2D eigenvalue weighted by molar-refractivity contribution is 0.145. The lowest BCUT2D eigenvalue weighted by Gasteiger charge is -2.18. The van der Waals surface area contributed by atoms with E-state index in [0.717, 1.165) is 18.7 Å². The van der Waals surface area contributed by atoms with Crippen molar-refractivity contribution in [2.75, 3.05) is 26.9 Å². The average molecular weight is 251 g/mol. The first kappa shape index (κ1) is 15.0. The van der Waals surface area contributed by atoms with Crippen LogP contribution in [0.2, 0.25) is 0 Å². The molecule has 3 heteroatoms. The Labute approximate surface area is 110 Å². The van der Waals surface area contributed by atoms with Gasteiger partial charge in [0.1, 0.15) is 12.4 Å². The van der Waals surface area contributed by atoms with E-state index in [1.54, 1.807) is 7.11 Å². The fourth-order valence-corrected chi connectivity index (χ4v) is 1.83. The molecule has 0 fully saturated rings. The molecule has 0 saturated heterocycles. The van der Waals surface area contributed by atoms with Crippen LogP contribution in [0.25, 0.3) is 0 Å². The molecule has 0 heterocycles. The molecule has 102 valence electrons. The lowest BCUT2D eigenvalue weighted by atomic mass is 10.0. The molecule has 1 aromatic rings. The van der Waals surface area contributed by atoms with Crippen LogP contribution in [-0.2, 0) is 4.74 Å². The van der Waals surface area contributed by atoms with Crippen LogP contribution in [0.1, 0.15) is 37.4 Å². The molecule has 0 amide bonds. The molecular formula is C15H25NO2. The Morgan fingerprint density at radius 2 is 2.06 bits per heavy atom. The third-order valence-electron chi connectivity index (χ3n) is 2.88. The summed E-state index contributed by atoms with van der Waals surface area (Å²) in [6.07, 6.45) is 1.13. The van der Waals surface area contributed by atoms with Crippen molar-refractivity contribution >= 4 is 0 Å². The molecule has 0 aromatic heterocycles. The molecule has 0 radical (unpaired) electrons. The van der Waals surface area contributed by atoms with E-state index in [1.807, 2.05) is 0 Å². The van der Waals surface area contributed by atoms with Crippen molar-refractivity contribution in [3.05, 3.63) is 29.3 Å². The molecule has 18 heavy (non-hydrogen) atoms. The summed E-state index contributed by atoms with van der Waals surface area (Å²) in [4.78, 5) is 0. The van der Waals surface area contributed by atoms with E-state index in [1.165, 1.54) is 11.1 Å². The number of nitrogens with one attached hydrogen (secondary N) is 1. The summed E-state index contributed by atoms with van der Waals surface area (Å²) < 4.78 is 10.8. The highest BCUT2D eigenvalue weighted by Crippen LogP contribution is 2.26. The Morgan fingerprint density at radius 3 is 2.72 bits per heavy atom. The van der Waals surface area contributed by atoms with Crippen LogP contribution in [0.3, 0.4) is 0 Å². The number of rotatable bonds is 8. The van der Waals surface area contributed by atoms with Crippen molar-refractivity contribution in [1.82, 2.24) is 5.32 Å². The Bertz CT molecular complexity index is 352. The van der Waals surface area contributed by atoms with Crippen LogP contribution in [0.15, 0.2) is 18.2 Å². The molecule has 1 atom stereocenters. The van der Waals surface area contributed by atoms with E-state index in [4.69, 9.17) is 9.47 Å². The van der Waals surface area contributed by atoms with Crippen LogP contribution in [-0.4, -0.2) is 26.9 Å². The van der Waals surface area contributed by atoms with Gasteiger partial charge in [0.05, 0.1) is 6.61 Å². The quantitative estimate of drug-likeness (QED) is 0.720. The van der Waals surface area contributed by atoms with Crippen molar-refractivity contribution in [2.45, 2.75) is 33.2 Å². The fraction of sp³-hybridized carbons (Fsp3) is 0.600. The van der Waals surface area contributed by atoms with Crippen molar-refractivity contribution in [1.29, 1.82) is 0 Å². The zero-order chi connectivity index (χ0) is 13.4. The summed E-state index contributed by atoms with van der Waals surface area (Å²) in [6, 6.07) is 6.67. The number of ether oxygens (including phenoxy) is 2. The first-order valence-corrected chi connectivity index (χ1v) is 6.64. The standard InChI is InChI=1S/C15H25NO2/c1-5-8-16-13(3)14-7-6-12(2)11-15(14)18-10-9-17-4/h6-7,11,13,16H,5,8-10H2,1-4H3. The number of aryl methyl sites for hydroxylation is 1. The minimum absolute atomic E-state index is 0.308. The summed E-state index contributed by atoms with van der Waals surface area (Å²) in [7, 11) is 1.69. The largest absolute Gasteiger partial charge is 0.491 e. The molecule has 1 aromatic carbocycles. The van der Waals surface area contributed by atoms with E-state index < -0.39 is 0 Å². The van der Waals surface area contributed by atoms with Gasteiger partial charge in [-0.25, -0.2) is 0 Å². The van der Waals surface area contributed by atoms with Gasteiger partial charge in [-0.3, -0.25) is 0 Å². The van der Waals surface area contributed by atoms with Gasteiger partial charge in [-0.2, -0.15) is 0 Å². The minimum Gasteiger partial charge on any atom is -0.491 e. The highest BCUT2D eigenvalue weighted by atomic mass is 16.5. The van der Waals surface area contributed by atoms with Crippen LogP contribution >= 0.6 is 0 Å². The Balaban J connectivity index is 2.74. The summed E-state index contributed by atoms with van der Waals surface area (Å²) in [5, 5.41) is 3.49. The topological polar surface area (TPSA) is 30.5 Å². The zero-order valence-corrected chi connectivity index (χ0v) is 12.0. The summed E-state index contributed by atoms with van der Waals surface area (Å²) in [6.45, 7) is 8.65. The van der Waals surface area contributed by atoms with Gasteiger partial charge in [0, 0.05) is 18.7 Å². The van der Waals surface area contributed by atoms with Crippen molar-refractivity contribution < 1.29 is 9.47 Å². The van der Waals surface area contributed by atoms with Crippen molar-refractivity contribution in [3.63, 3.8) is 0 Å². The van der Waals surface area contributed by atoms with Gasteiger partial charge < -0.3 is 14.8 Å². The Morgan fingerprint density at radius 1 is 1.28 bits per heavy atom. The van der Waals surface area contributed by atoms with Crippen molar-refractivity contribution in [2.24, 2.45) is 0 Å². The number of methoxy groups -OCH3 is 1. The summed E-state index contributed by atoms with van der Waals surface area (Å²) in [5.74, 6) is 0.961. The number of hydrogen-bond donors (Lipinski definition) is 1. The van der Waals surface area contributed by atoms with E-state index in [9.17, 15) is 0 Å². The highest BCUT2D eigenvalue weighted by molar-refractivity contribution is 5.39. The smallest absolute Gasteiger partial charge is 0.124 e. The monoisotopic (exact) mass is 251 g/mol. The molecule has 3 nitrogen and oxygen atoms in total. The average Bonchev–Trinajstić information content (AvgIpc) is 2.36. The predicted molar refractivity (Wildman–Crippen MR) is 75.3 cm³/mol. The third kappa shape index (κ3) is 4.67. The SMILES string of the molecule is CCCNC(C)c1ccc(C)cc1OCCOC. The molecule has 0 aliphatic rings. The lowest BCUT2D eigenvalue weighted by Crippen LogP contribution is -2.20. The van der Waals surface area contributed by atoms with Gasteiger partial charge in [-0.1, -0.05) is 19.1 Å². The van der Waals surface area contributed by atoms with Crippen LogP contribution in [0, 0.1) is 6.92 Å². The molecule has 0 bridgehead atoms. The van der Waals surface area contributed by atoms with Gasteiger partial charge in [0.25, 0.3) is 0 Å². The molecule has 0 aliphatic heterocycles. The van der Waals surface area contributed by atoms with Gasteiger partial charge in [-0.15, -0.1) is 0 Å². The van der Waals surface area contributed by atoms with Crippen LogP contribution in [0.4, 0.5) is 0 Å². The van der Waals surface area contributed by atoms with Crippen LogP contribution in [0.5, 0.6) is 5.75 Å². The van der Waals surface area contributed by atoms with Crippen LogP contribution < -0.4 is 10.1 Å². The minimum atomic E-state index is 0.308. The molecule has 0 saturated carbocycles. The Hall–Kier alpha value is -1.06. The van der Waals surface area contributed by atoms with Crippen molar-refractivity contribution in [3.8, 4) is 5.75 Å². The van der Waals surface area contributed by atoms with E-state index in [-0.39, 0.29) is 0 Å². The normalized spacial score (nSPS) is 12.4. The second-order valence-electron chi connectivity index (χ2n) is 4.56. The molecular weight excluding hydrogens is 226 g/mol. The van der Waals surface area contributed by atoms with E-state index in [0.29, 0.717) is 19.3 Å². The maximum absolute atomic E-state index is 5.79. The van der Waals surface area contributed by atoms with Gasteiger partial charge in [-0.05, 0) is 38.4 Å². The molecule has 1 unspecified atom stereocenters. The third-order valence-corrected chi connectivity index (χ3v) is 2.88. The molecule has 1 N–H and O–H groups in total. The van der Waals surface area contributed by atoms with Gasteiger partial charge in [0.15, 0.2) is 0 Å². The number of benzene rings is 1. The maximum atomic E-state index is 5.79. The predicted octanol–water partition coefficient (Wildman–Crippen LogP) is 3.08.